The summed E-state index contributed by atoms with van der Waals surface area (Å²) in [6, 6.07) is 15.2. The van der Waals surface area contributed by atoms with Crippen molar-refractivity contribution in [1.82, 2.24) is 0 Å². The third kappa shape index (κ3) is 3.33. The second-order valence-electron chi connectivity index (χ2n) is 4.49. The van der Waals surface area contributed by atoms with Crippen LogP contribution in [0.1, 0.15) is 11.1 Å². The number of anilines is 1. The number of carbonyl (C=O) groups is 1. The van der Waals surface area contributed by atoms with Gasteiger partial charge in [-0.2, -0.15) is 0 Å². The molecular formula is C16H15Cl2NO. The Morgan fingerprint density at radius 2 is 1.75 bits per heavy atom. The molecule has 0 atom stereocenters. The summed E-state index contributed by atoms with van der Waals surface area (Å²) in [6.07, 6.45) is 0. The summed E-state index contributed by atoms with van der Waals surface area (Å²) < 4.78 is 0. The van der Waals surface area contributed by atoms with Crippen LogP contribution in [0.4, 0.5) is 5.69 Å². The van der Waals surface area contributed by atoms with E-state index in [1.54, 1.807) is 11.0 Å². The fourth-order valence-corrected chi connectivity index (χ4v) is 2.39. The summed E-state index contributed by atoms with van der Waals surface area (Å²) in [5.41, 5.74) is 2.89. The van der Waals surface area contributed by atoms with Crippen LogP contribution in [0.15, 0.2) is 48.5 Å². The lowest BCUT2D eigenvalue weighted by Gasteiger charge is -2.24. The van der Waals surface area contributed by atoms with Gasteiger partial charge in [0.05, 0.1) is 17.3 Å². The molecule has 0 aliphatic heterocycles. The molecule has 1 amide bonds. The molecule has 0 aliphatic rings. The van der Waals surface area contributed by atoms with E-state index in [1.165, 1.54) is 0 Å². The second kappa shape index (κ2) is 6.78. The second-order valence-corrected chi connectivity index (χ2v) is 5.17. The van der Waals surface area contributed by atoms with Gasteiger partial charge in [-0.25, -0.2) is 0 Å². The van der Waals surface area contributed by atoms with Crippen LogP contribution in [0.3, 0.4) is 0 Å². The highest BCUT2D eigenvalue weighted by Crippen LogP contribution is 2.27. The standard InChI is InChI=1S/C16H15Cl2NO/c1-12-6-2-3-7-13(12)11-19(16(20)10-17)15-9-5-4-8-14(15)18/h2-9H,10-11H2,1H3. The first-order chi connectivity index (χ1) is 9.63. The molecule has 0 unspecified atom stereocenters. The Labute approximate surface area is 128 Å². The fraction of sp³-hybridized carbons (Fsp3) is 0.188. The van der Waals surface area contributed by atoms with Crippen LogP contribution in [0.2, 0.25) is 5.02 Å². The molecule has 0 heterocycles. The van der Waals surface area contributed by atoms with Gasteiger partial charge in [0.25, 0.3) is 0 Å². The molecule has 4 heteroatoms. The molecule has 20 heavy (non-hydrogen) atoms. The Balaban J connectivity index is 2.37. The van der Waals surface area contributed by atoms with Gasteiger partial charge >= 0.3 is 0 Å². The van der Waals surface area contributed by atoms with E-state index in [2.05, 4.69) is 0 Å². The first-order valence-corrected chi connectivity index (χ1v) is 7.20. The molecule has 104 valence electrons. The summed E-state index contributed by atoms with van der Waals surface area (Å²) in [6.45, 7) is 2.48. The van der Waals surface area contributed by atoms with Crippen LogP contribution in [0.5, 0.6) is 0 Å². The number of nitrogens with zero attached hydrogens (tertiary/aromatic N) is 1. The van der Waals surface area contributed by atoms with E-state index in [1.807, 2.05) is 49.4 Å². The highest BCUT2D eigenvalue weighted by atomic mass is 35.5. The molecule has 0 saturated carbocycles. The maximum absolute atomic E-state index is 12.1. The minimum absolute atomic E-state index is 0.0723. The number of para-hydroxylation sites is 1. The number of aryl methyl sites for hydroxylation is 1. The van der Waals surface area contributed by atoms with Gasteiger partial charge in [-0.15, -0.1) is 11.6 Å². The van der Waals surface area contributed by atoms with Gasteiger partial charge in [0.2, 0.25) is 5.91 Å². The minimum Gasteiger partial charge on any atom is -0.305 e. The molecule has 2 aromatic carbocycles. The highest BCUT2D eigenvalue weighted by Gasteiger charge is 2.18. The van der Waals surface area contributed by atoms with E-state index in [9.17, 15) is 4.79 Å². The largest absolute Gasteiger partial charge is 0.305 e. The van der Waals surface area contributed by atoms with Crippen LogP contribution >= 0.6 is 23.2 Å². The van der Waals surface area contributed by atoms with Crippen molar-refractivity contribution in [3.63, 3.8) is 0 Å². The Kier molecular flexibility index (Phi) is 5.05. The quantitative estimate of drug-likeness (QED) is 0.766. The number of hydrogen-bond acceptors (Lipinski definition) is 1. The zero-order chi connectivity index (χ0) is 14.5. The van der Waals surface area contributed by atoms with E-state index >= 15 is 0 Å². The van der Waals surface area contributed by atoms with E-state index in [0.29, 0.717) is 17.3 Å². The molecule has 0 fully saturated rings. The summed E-state index contributed by atoms with van der Waals surface area (Å²) in [4.78, 5) is 13.7. The van der Waals surface area contributed by atoms with E-state index in [-0.39, 0.29) is 11.8 Å². The predicted octanol–water partition coefficient (Wildman–Crippen LogP) is 4.42. The van der Waals surface area contributed by atoms with Crippen LogP contribution in [0, 0.1) is 6.92 Å². The fourth-order valence-electron chi connectivity index (χ4n) is 2.01. The average molecular weight is 308 g/mol. The molecule has 0 saturated heterocycles. The van der Waals surface area contributed by atoms with Crippen molar-refractivity contribution in [2.45, 2.75) is 13.5 Å². The molecule has 0 aromatic heterocycles. The van der Waals surface area contributed by atoms with Gasteiger partial charge in [-0.05, 0) is 30.2 Å². The molecule has 0 aliphatic carbocycles. The molecule has 2 rings (SSSR count). The monoisotopic (exact) mass is 307 g/mol. The molecule has 2 aromatic rings. The first-order valence-electron chi connectivity index (χ1n) is 6.29. The van der Waals surface area contributed by atoms with E-state index in [0.717, 1.165) is 11.1 Å². The number of halogens is 2. The molecule has 0 radical (unpaired) electrons. The van der Waals surface area contributed by atoms with Crippen LogP contribution in [0.25, 0.3) is 0 Å². The molecule has 2 nitrogen and oxygen atoms in total. The Morgan fingerprint density at radius 3 is 2.40 bits per heavy atom. The van der Waals surface area contributed by atoms with Crippen molar-refractivity contribution in [1.29, 1.82) is 0 Å². The summed E-state index contributed by atoms with van der Waals surface area (Å²) in [7, 11) is 0. The Morgan fingerprint density at radius 1 is 1.10 bits per heavy atom. The third-order valence-corrected chi connectivity index (χ3v) is 3.70. The van der Waals surface area contributed by atoms with E-state index in [4.69, 9.17) is 23.2 Å². The molecular weight excluding hydrogens is 293 g/mol. The number of amides is 1. The van der Waals surface area contributed by atoms with Gasteiger partial charge in [0.1, 0.15) is 5.88 Å². The average Bonchev–Trinajstić information content (AvgIpc) is 2.47. The van der Waals surface area contributed by atoms with Crippen molar-refractivity contribution in [3.05, 3.63) is 64.7 Å². The SMILES string of the molecule is Cc1ccccc1CN(C(=O)CCl)c1ccccc1Cl. The van der Waals surface area contributed by atoms with Gasteiger partial charge in [-0.3, -0.25) is 4.79 Å². The zero-order valence-corrected chi connectivity index (χ0v) is 12.7. The predicted molar refractivity (Wildman–Crippen MR) is 84.5 cm³/mol. The first kappa shape index (κ1) is 14.9. The lowest BCUT2D eigenvalue weighted by Crippen LogP contribution is -2.31. The molecule has 0 spiro atoms. The number of hydrogen-bond donors (Lipinski definition) is 0. The van der Waals surface area contributed by atoms with Crippen LogP contribution < -0.4 is 4.90 Å². The number of alkyl halides is 1. The number of carbonyl (C=O) groups excluding carboxylic acids is 1. The summed E-state index contributed by atoms with van der Waals surface area (Å²) >= 11 is 11.9. The van der Waals surface area contributed by atoms with Crippen LogP contribution in [-0.2, 0) is 11.3 Å². The van der Waals surface area contributed by atoms with Crippen molar-refractivity contribution in [2.24, 2.45) is 0 Å². The zero-order valence-electron chi connectivity index (χ0n) is 11.1. The maximum Gasteiger partial charge on any atom is 0.242 e. The normalized spacial score (nSPS) is 10.3. The number of benzene rings is 2. The van der Waals surface area contributed by atoms with Crippen LogP contribution in [-0.4, -0.2) is 11.8 Å². The summed E-state index contributed by atoms with van der Waals surface area (Å²) in [5.74, 6) is -0.236. The maximum atomic E-state index is 12.1. The Hall–Kier alpha value is -1.51. The topological polar surface area (TPSA) is 20.3 Å². The lowest BCUT2D eigenvalue weighted by atomic mass is 10.1. The molecule has 0 bridgehead atoms. The van der Waals surface area contributed by atoms with Crippen molar-refractivity contribution in [2.75, 3.05) is 10.8 Å². The van der Waals surface area contributed by atoms with Crippen molar-refractivity contribution < 1.29 is 4.79 Å². The Bertz CT molecular complexity index is 613. The van der Waals surface area contributed by atoms with Gasteiger partial charge in [0.15, 0.2) is 0 Å². The van der Waals surface area contributed by atoms with Gasteiger partial charge in [0, 0.05) is 0 Å². The van der Waals surface area contributed by atoms with E-state index < -0.39 is 0 Å². The highest BCUT2D eigenvalue weighted by molar-refractivity contribution is 6.35. The number of rotatable bonds is 4. The molecule has 0 N–H and O–H groups in total. The van der Waals surface area contributed by atoms with Gasteiger partial charge < -0.3 is 4.90 Å². The minimum atomic E-state index is -0.164. The van der Waals surface area contributed by atoms with Crippen molar-refractivity contribution >= 4 is 34.8 Å². The summed E-state index contributed by atoms with van der Waals surface area (Å²) in [5, 5.41) is 0.541. The van der Waals surface area contributed by atoms with Crippen molar-refractivity contribution in [3.8, 4) is 0 Å². The third-order valence-electron chi connectivity index (χ3n) is 3.15. The smallest absolute Gasteiger partial charge is 0.242 e. The van der Waals surface area contributed by atoms with Gasteiger partial charge in [-0.1, -0.05) is 48.0 Å². The lowest BCUT2D eigenvalue weighted by molar-refractivity contribution is -0.116.